The second-order valence-electron chi connectivity index (χ2n) is 6.65. The molecular formula is C21H20N2O2. The Balaban J connectivity index is 1.53. The number of H-pyrrole nitrogens is 1. The molecule has 1 atom stereocenters. The lowest BCUT2D eigenvalue weighted by Gasteiger charge is -2.16. The van der Waals surface area contributed by atoms with Crippen LogP contribution >= 0.6 is 0 Å². The topological polar surface area (TPSA) is 62.0 Å². The predicted octanol–water partition coefficient (Wildman–Crippen LogP) is 3.34. The summed E-state index contributed by atoms with van der Waals surface area (Å²) >= 11 is 0. The molecule has 1 heterocycles. The Morgan fingerprint density at radius 3 is 2.56 bits per heavy atom. The fraction of sp³-hybridized carbons (Fsp3) is 0.238. The molecule has 2 aromatic carbocycles. The standard InChI is InChI=1S/C21H20N2O2/c24-20-17(12-16-8-4-5-9-18(16)23-20)13-22-21(25)19(15-10-11-15)14-6-2-1-3-7-14/h1-9,12,15,19H,10-11,13H2,(H,22,25)(H,23,24). The van der Waals surface area contributed by atoms with Crippen LogP contribution in [0.5, 0.6) is 0 Å². The third-order valence-corrected chi connectivity index (χ3v) is 4.82. The minimum atomic E-state index is -0.151. The molecule has 25 heavy (non-hydrogen) atoms. The zero-order chi connectivity index (χ0) is 17.2. The molecule has 0 radical (unpaired) electrons. The second kappa shape index (κ2) is 6.55. The van der Waals surface area contributed by atoms with E-state index in [1.54, 1.807) is 0 Å². The summed E-state index contributed by atoms with van der Waals surface area (Å²) in [5.74, 6) is 0.291. The highest BCUT2D eigenvalue weighted by molar-refractivity contribution is 5.84. The van der Waals surface area contributed by atoms with Gasteiger partial charge < -0.3 is 10.3 Å². The van der Waals surface area contributed by atoms with Crippen LogP contribution in [0.2, 0.25) is 0 Å². The first-order chi connectivity index (χ1) is 12.2. The zero-order valence-corrected chi connectivity index (χ0v) is 13.9. The molecule has 0 saturated heterocycles. The molecule has 1 fully saturated rings. The summed E-state index contributed by atoms with van der Waals surface area (Å²) in [5.41, 5.74) is 2.29. The van der Waals surface area contributed by atoms with Gasteiger partial charge in [0.15, 0.2) is 0 Å². The molecule has 1 unspecified atom stereocenters. The minimum absolute atomic E-state index is 0.00117. The largest absolute Gasteiger partial charge is 0.351 e. The molecule has 4 heteroatoms. The molecule has 126 valence electrons. The maximum Gasteiger partial charge on any atom is 0.253 e. The fourth-order valence-electron chi connectivity index (χ4n) is 3.34. The maximum absolute atomic E-state index is 12.7. The number of hydrogen-bond donors (Lipinski definition) is 2. The van der Waals surface area contributed by atoms with E-state index in [2.05, 4.69) is 10.3 Å². The normalized spacial score (nSPS) is 15.0. The number of benzene rings is 2. The molecule has 4 rings (SSSR count). The summed E-state index contributed by atoms with van der Waals surface area (Å²) in [6.07, 6.45) is 2.17. The lowest BCUT2D eigenvalue weighted by Crippen LogP contribution is -2.32. The summed E-state index contributed by atoms with van der Waals surface area (Å²) in [6.45, 7) is 0.245. The molecule has 0 bridgehead atoms. The number of hydrogen-bond acceptors (Lipinski definition) is 2. The van der Waals surface area contributed by atoms with Gasteiger partial charge in [-0.15, -0.1) is 0 Å². The SMILES string of the molecule is O=C(NCc1cc2ccccc2[nH]c1=O)C(c1ccccc1)C1CC1. The van der Waals surface area contributed by atoms with Gasteiger partial charge in [-0.05, 0) is 41.8 Å². The average molecular weight is 332 g/mol. The van der Waals surface area contributed by atoms with Gasteiger partial charge >= 0.3 is 0 Å². The van der Waals surface area contributed by atoms with Crippen molar-refractivity contribution in [1.29, 1.82) is 0 Å². The van der Waals surface area contributed by atoms with Gasteiger partial charge in [0.2, 0.25) is 5.91 Å². The number of aromatic nitrogens is 1. The second-order valence-corrected chi connectivity index (χ2v) is 6.65. The van der Waals surface area contributed by atoms with Crippen LogP contribution in [0.4, 0.5) is 0 Å². The van der Waals surface area contributed by atoms with E-state index in [1.165, 1.54) is 0 Å². The van der Waals surface area contributed by atoms with Gasteiger partial charge in [0, 0.05) is 17.6 Å². The Morgan fingerprint density at radius 2 is 1.80 bits per heavy atom. The van der Waals surface area contributed by atoms with Gasteiger partial charge in [-0.3, -0.25) is 9.59 Å². The van der Waals surface area contributed by atoms with Crippen LogP contribution in [-0.4, -0.2) is 10.9 Å². The zero-order valence-electron chi connectivity index (χ0n) is 13.9. The molecule has 4 nitrogen and oxygen atoms in total. The predicted molar refractivity (Wildman–Crippen MR) is 98.3 cm³/mol. The number of rotatable bonds is 5. The lowest BCUT2D eigenvalue weighted by atomic mass is 9.93. The van der Waals surface area contributed by atoms with Crippen molar-refractivity contribution in [2.24, 2.45) is 5.92 Å². The monoisotopic (exact) mass is 332 g/mol. The molecule has 0 spiro atoms. The number of fused-ring (bicyclic) bond motifs is 1. The maximum atomic E-state index is 12.7. The summed E-state index contributed by atoms with van der Waals surface area (Å²) < 4.78 is 0. The van der Waals surface area contributed by atoms with Crippen molar-refractivity contribution < 1.29 is 4.79 Å². The van der Waals surface area contributed by atoms with E-state index in [1.807, 2.05) is 60.7 Å². The first-order valence-corrected chi connectivity index (χ1v) is 8.66. The van der Waals surface area contributed by atoms with Crippen molar-refractivity contribution in [2.45, 2.75) is 25.3 Å². The van der Waals surface area contributed by atoms with Crippen LogP contribution in [0.3, 0.4) is 0 Å². The highest BCUT2D eigenvalue weighted by atomic mass is 16.2. The molecule has 1 amide bonds. The van der Waals surface area contributed by atoms with E-state index in [-0.39, 0.29) is 23.9 Å². The summed E-state index contributed by atoms with van der Waals surface area (Å²) in [5, 5.41) is 3.93. The Hall–Kier alpha value is -2.88. The smallest absolute Gasteiger partial charge is 0.253 e. The molecule has 1 aromatic heterocycles. The fourth-order valence-corrected chi connectivity index (χ4v) is 3.34. The highest BCUT2D eigenvalue weighted by Gasteiger charge is 2.37. The molecule has 0 aliphatic heterocycles. The Morgan fingerprint density at radius 1 is 1.08 bits per heavy atom. The molecule has 2 N–H and O–H groups in total. The lowest BCUT2D eigenvalue weighted by molar-refractivity contribution is -0.123. The summed E-state index contributed by atoms with van der Waals surface area (Å²) in [4.78, 5) is 27.8. The number of nitrogens with one attached hydrogen (secondary N) is 2. The van der Waals surface area contributed by atoms with Crippen molar-refractivity contribution in [3.05, 3.63) is 82.1 Å². The van der Waals surface area contributed by atoms with E-state index in [4.69, 9.17) is 0 Å². The van der Waals surface area contributed by atoms with Crippen LogP contribution in [0.15, 0.2) is 65.5 Å². The van der Waals surface area contributed by atoms with Crippen LogP contribution in [0.1, 0.15) is 29.9 Å². The minimum Gasteiger partial charge on any atom is -0.351 e. The van der Waals surface area contributed by atoms with E-state index < -0.39 is 0 Å². The summed E-state index contributed by atoms with van der Waals surface area (Å²) in [7, 11) is 0. The third kappa shape index (κ3) is 3.33. The number of carbonyl (C=O) groups is 1. The van der Waals surface area contributed by atoms with Crippen LogP contribution in [0, 0.1) is 5.92 Å². The third-order valence-electron chi connectivity index (χ3n) is 4.82. The van der Waals surface area contributed by atoms with Crippen molar-refractivity contribution in [3.63, 3.8) is 0 Å². The van der Waals surface area contributed by atoms with Gasteiger partial charge in [0.05, 0.1) is 5.92 Å². The van der Waals surface area contributed by atoms with E-state index in [0.29, 0.717) is 11.5 Å². The number of pyridine rings is 1. The van der Waals surface area contributed by atoms with Crippen LogP contribution < -0.4 is 10.9 Å². The quantitative estimate of drug-likeness (QED) is 0.753. The van der Waals surface area contributed by atoms with E-state index in [9.17, 15) is 9.59 Å². The first kappa shape index (κ1) is 15.6. The van der Waals surface area contributed by atoms with Crippen molar-refractivity contribution in [2.75, 3.05) is 0 Å². The van der Waals surface area contributed by atoms with Crippen molar-refractivity contribution in [1.82, 2.24) is 10.3 Å². The van der Waals surface area contributed by atoms with Crippen LogP contribution in [0.25, 0.3) is 10.9 Å². The van der Waals surface area contributed by atoms with Gasteiger partial charge in [-0.1, -0.05) is 48.5 Å². The molecular weight excluding hydrogens is 312 g/mol. The van der Waals surface area contributed by atoms with Gasteiger partial charge in [0.1, 0.15) is 0 Å². The van der Waals surface area contributed by atoms with Crippen molar-refractivity contribution in [3.8, 4) is 0 Å². The molecule has 1 aliphatic carbocycles. The van der Waals surface area contributed by atoms with Gasteiger partial charge in [-0.25, -0.2) is 0 Å². The summed E-state index contributed by atoms with van der Waals surface area (Å²) in [6, 6.07) is 19.4. The van der Waals surface area contributed by atoms with Crippen molar-refractivity contribution >= 4 is 16.8 Å². The average Bonchev–Trinajstić information content (AvgIpc) is 3.46. The van der Waals surface area contributed by atoms with Gasteiger partial charge in [0.25, 0.3) is 5.56 Å². The number of carbonyl (C=O) groups excluding carboxylic acids is 1. The van der Waals surface area contributed by atoms with E-state index in [0.717, 1.165) is 29.3 Å². The number of aromatic amines is 1. The Labute approximate surface area is 145 Å². The first-order valence-electron chi connectivity index (χ1n) is 8.66. The number of para-hydroxylation sites is 1. The molecule has 1 aliphatic rings. The Kier molecular flexibility index (Phi) is 4.10. The highest BCUT2D eigenvalue weighted by Crippen LogP contribution is 2.42. The Bertz CT molecular complexity index is 958. The van der Waals surface area contributed by atoms with E-state index >= 15 is 0 Å². The molecule has 3 aromatic rings. The molecule has 1 saturated carbocycles. The van der Waals surface area contributed by atoms with Crippen LogP contribution in [-0.2, 0) is 11.3 Å². The number of amides is 1. The van der Waals surface area contributed by atoms with Gasteiger partial charge in [-0.2, -0.15) is 0 Å².